The summed E-state index contributed by atoms with van der Waals surface area (Å²) in [7, 11) is 1.65. The molecule has 1 aromatic carbocycles. The van der Waals surface area contributed by atoms with Crippen LogP contribution in [0.2, 0.25) is 0 Å². The van der Waals surface area contributed by atoms with Gasteiger partial charge < -0.3 is 19.9 Å². The standard InChI is InChI=1S/C15H20N2O3S/c1-3-19-12-6-4-5-7-13(12)20-10-15-17-11(9-18-2)14(8-16)21-15/h4-7H,3,8-10,16H2,1-2H3. The van der Waals surface area contributed by atoms with E-state index in [9.17, 15) is 0 Å². The van der Waals surface area contributed by atoms with Crippen molar-refractivity contribution in [1.29, 1.82) is 0 Å². The quantitative estimate of drug-likeness (QED) is 0.812. The Morgan fingerprint density at radius 1 is 1.14 bits per heavy atom. The summed E-state index contributed by atoms with van der Waals surface area (Å²) < 4.78 is 16.5. The molecule has 2 rings (SSSR count). The molecule has 0 amide bonds. The number of benzene rings is 1. The summed E-state index contributed by atoms with van der Waals surface area (Å²) in [6, 6.07) is 7.62. The maximum absolute atomic E-state index is 5.81. The van der Waals surface area contributed by atoms with Crippen molar-refractivity contribution in [3.8, 4) is 11.5 Å². The molecule has 0 aliphatic rings. The molecule has 2 aromatic rings. The SMILES string of the molecule is CCOc1ccccc1OCc1nc(COC)c(CN)s1. The predicted molar refractivity (Wildman–Crippen MR) is 82.7 cm³/mol. The Hall–Kier alpha value is -1.63. The molecule has 0 saturated carbocycles. The summed E-state index contributed by atoms with van der Waals surface area (Å²) in [6.45, 7) is 3.88. The molecule has 0 bridgehead atoms. The van der Waals surface area contributed by atoms with Crippen molar-refractivity contribution in [2.24, 2.45) is 5.73 Å². The van der Waals surface area contributed by atoms with E-state index in [4.69, 9.17) is 19.9 Å². The first-order valence-electron chi connectivity index (χ1n) is 6.79. The van der Waals surface area contributed by atoms with E-state index in [1.54, 1.807) is 18.4 Å². The molecule has 2 N–H and O–H groups in total. The Bertz CT molecular complexity index is 572. The lowest BCUT2D eigenvalue weighted by Gasteiger charge is -2.10. The van der Waals surface area contributed by atoms with Gasteiger partial charge in [-0.25, -0.2) is 4.98 Å². The zero-order valence-electron chi connectivity index (χ0n) is 12.3. The minimum Gasteiger partial charge on any atom is -0.490 e. The van der Waals surface area contributed by atoms with E-state index in [0.29, 0.717) is 26.4 Å². The first kappa shape index (κ1) is 15.8. The predicted octanol–water partition coefficient (Wildman–Crippen LogP) is 2.73. The molecule has 114 valence electrons. The van der Waals surface area contributed by atoms with E-state index in [-0.39, 0.29) is 0 Å². The monoisotopic (exact) mass is 308 g/mol. The molecule has 6 heteroatoms. The highest BCUT2D eigenvalue weighted by atomic mass is 32.1. The van der Waals surface area contributed by atoms with Crippen molar-refractivity contribution in [3.05, 3.63) is 39.8 Å². The van der Waals surface area contributed by atoms with Gasteiger partial charge in [0.1, 0.15) is 11.6 Å². The second kappa shape index (κ2) is 7.97. The van der Waals surface area contributed by atoms with Crippen molar-refractivity contribution in [3.63, 3.8) is 0 Å². The Labute approximate surface area is 128 Å². The lowest BCUT2D eigenvalue weighted by atomic mass is 10.3. The summed E-state index contributed by atoms with van der Waals surface area (Å²) in [5.41, 5.74) is 6.61. The summed E-state index contributed by atoms with van der Waals surface area (Å²) in [6.07, 6.45) is 0. The van der Waals surface area contributed by atoms with Gasteiger partial charge in [0.25, 0.3) is 0 Å². The zero-order chi connectivity index (χ0) is 15.1. The molecular formula is C15H20N2O3S. The van der Waals surface area contributed by atoms with E-state index in [1.807, 2.05) is 31.2 Å². The molecule has 1 heterocycles. The number of aromatic nitrogens is 1. The molecule has 1 aromatic heterocycles. The van der Waals surface area contributed by atoms with Gasteiger partial charge in [-0.05, 0) is 19.1 Å². The van der Waals surface area contributed by atoms with Gasteiger partial charge in [0.05, 0.1) is 18.9 Å². The largest absolute Gasteiger partial charge is 0.490 e. The van der Waals surface area contributed by atoms with Crippen LogP contribution in [0, 0.1) is 0 Å². The number of ether oxygens (including phenoxy) is 3. The molecule has 0 radical (unpaired) electrons. The van der Waals surface area contributed by atoms with Gasteiger partial charge in [0.2, 0.25) is 0 Å². The highest BCUT2D eigenvalue weighted by Gasteiger charge is 2.11. The van der Waals surface area contributed by atoms with E-state index < -0.39 is 0 Å². The average Bonchev–Trinajstić information content (AvgIpc) is 2.89. The lowest BCUT2D eigenvalue weighted by molar-refractivity contribution is 0.181. The van der Waals surface area contributed by atoms with E-state index >= 15 is 0 Å². The van der Waals surface area contributed by atoms with Crippen molar-refractivity contribution in [2.75, 3.05) is 13.7 Å². The summed E-state index contributed by atoms with van der Waals surface area (Å²) in [5.74, 6) is 1.46. The highest BCUT2D eigenvalue weighted by molar-refractivity contribution is 7.11. The number of hydrogen-bond acceptors (Lipinski definition) is 6. The van der Waals surface area contributed by atoms with Gasteiger partial charge >= 0.3 is 0 Å². The molecule has 0 saturated heterocycles. The molecule has 0 spiro atoms. The van der Waals surface area contributed by atoms with Crippen molar-refractivity contribution >= 4 is 11.3 Å². The van der Waals surface area contributed by atoms with Crippen molar-refractivity contribution in [1.82, 2.24) is 4.98 Å². The second-order valence-corrected chi connectivity index (χ2v) is 5.45. The zero-order valence-corrected chi connectivity index (χ0v) is 13.1. The summed E-state index contributed by atoms with van der Waals surface area (Å²) in [4.78, 5) is 5.54. The van der Waals surface area contributed by atoms with E-state index in [0.717, 1.165) is 27.1 Å². The van der Waals surface area contributed by atoms with Gasteiger partial charge in [0.15, 0.2) is 11.5 Å². The Balaban J connectivity index is 2.06. The molecule has 0 atom stereocenters. The van der Waals surface area contributed by atoms with Crippen LogP contribution in [0.1, 0.15) is 22.5 Å². The van der Waals surface area contributed by atoms with Crippen LogP contribution in [-0.4, -0.2) is 18.7 Å². The number of rotatable bonds is 8. The van der Waals surface area contributed by atoms with Gasteiger partial charge in [-0.1, -0.05) is 12.1 Å². The fraction of sp³-hybridized carbons (Fsp3) is 0.400. The smallest absolute Gasteiger partial charge is 0.161 e. The molecule has 0 unspecified atom stereocenters. The van der Waals surface area contributed by atoms with Crippen molar-refractivity contribution in [2.45, 2.75) is 26.7 Å². The number of thiazole rings is 1. The number of nitrogens with zero attached hydrogens (tertiary/aromatic N) is 1. The third kappa shape index (κ3) is 4.17. The van der Waals surface area contributed by atoms with Crippen molar-refractivity contribution < 1.29 is 14.2 Å². The van der Waals surface area contributed by atoms with Crippen LogP contribution in [-0.2, 0) is 24.5 Å². The second-order valence-electron chi connectivity index (χ2n) is 4.28. The molecule has 0 aliphatic carbocycles. The first-order chi connectivity index (χ1) is 10.3. The maximum atomic E-state index is 5.81. The molecule has 0 aliphatic heterocycles. The van der Waals surface area contributed by atoms with Crippen LogP contribution < -0.4 is 15.2 Å². The number of para-hydroxylation sites is 2. The summed E-state index contributed by atoms with van der Waals surface area (Å²) in [5, 5.41) is 0.883. The minimum atomic E-state index is 0.394. The van der Waals surface area contributed by atoms with Gasteiger partial charge in [-0.15, -0.1) is 11.3 Å². The van der Waals surface area contributed by atoms with Crippen LogP contribution in [0.3, 0.4) is 0 Å². The fourth-order valence-electron chi connectivity index (χ4n) is 1.89. The van der Waals surface area contributed by atoms with Gasteiger partial charge in [-0.3, -0.25) is 0 Å². The Morgan fingerprint density at radius 2 is 1.86 bits per heavy atom. The number of hydrogen-bond donors (Lipinski definition) is 1. The number of methoxy groups -OCH3 is 1. The Kier molecular flexibility index (Phi) is 5.98. The Morgan fingerprint density at radius 3 is 2.48 bits per heavy atom. The first-order valence-corrected chi connectivity index (χ1v) is 7.61. The van der Waals surface area contributed by atoms with Crippen LogP contribution in [0.4, 0.5) is 0 Å². The van der Waals surface area contributed by atoms with Gasteiger partial charge in [0, 0.05) is 18.5 Å². The van der Waals surface area contributed by atoms with Crippen LogP contribution >= 0.6 is 11.3 Å². The molecule has 0 fully saturated rings. The number of nitrogens with two attached hydrogens (primary N) is 1. The molecular weight excluding hydrogens is 288 g/mol. The topological polar surface area (TPSA) is 66.6 Å². The van der Waals surface area contributed by atoms with Crippen LogP contribution in [0.5, 0.6) is 11.5 Å². The highest BCUT2D eigenvalue weighted by Crippen LogP contribution is 2.28. The summed E-state index contributed by atoms with van der Waals surface area (Å²) >= 11 is 1.56. The van der Waals surface area contributed by atoms with Gasteiger partial charge in [-0.2, -0.15) is 0 Å². The third-order valence-electron chi connectivity index (χ3n) is 2.79. The minimum absolute atomic E-state index is 0.394. The molecule has 5 nitrogen and oxygen atoms in total. The van der Waals surface area contributed by atoms with E-state index in [1.165, 1.54) is 0 Å². The van der Waals surface area contributed by atoms with Crippen LogP contribution in [0.15, 0.2) is 24.3 Å². The van der Waals surface area contributed by atoms with E-state index in [2.05, 4.69) is 4.98 Å². The fourth-order valence-corrected chi connectivity index (χ4v) is 2.75. The normalized spacial score (nSPS) is 10.6. The van der Waals surface area contributed by atoms with Crippen LogP contribution in [0.25, 0.3) is 0 Å². The third-order valence-corrected chi connectivity index (χ3v) is 3.88. The molecule has 21 heavy (non-hydrogen) atoms. The lowest BCUT2D eigenvalue weighted by Crippen LogP contribution is -2.00. The maximum Gasteiger partial charge on any atom is 0.161 e. The average molecular weight is 308 g/mol.